The summed E-state index contributed by atoms with van der Waals surface area (Å²) in [4.78, 5) is 21.1. The first-order valence-corrected chi connectivity index (χ1v) is 10.4. The summed E-state index contributed by atoms with van der Waals surface area (Å²) in [5, 5.41) is 15.4. The molecule has 29 heavy (non-hydrogen) atoms. The van der Waals surface area contributed by atoms with Crippen LogP contribution in [0.1, 0.15) is 67.0 Å². The van der Waals surface area contributed by atoms with Gasteiger partial charge in [0, 0.05) is 28.5 Å². The van der Waals surface area contributed by atoms with Crippen molar-refractivity contribution in [2.75, 3.05) is 0 Å². The number of nitrogens with one attached hydrogen (secondary N) is 1. The van der Waals surface area contributed by atoms with E-state index in [-0.39, 0.29) is 11.7 Å². The third-order valence-corrected chi connectivity index (χ3v) is 6.79. The number of rotatable bonds is 4. The lowest BCUT2D eigenvalue weighted by Gasteiger charge is -2.18. The molecule has 2 N–H and O–H groups in total. The van der Waals surface area contributed by atoms with Crippen molar-refractivity contribution < 1.29 is 14.4 Å². The number of nitrogens with zero attached hydrogens (tertiary/aromatic N) is 2. The number of imidazole rings is 1. The number of fused-ring (bicyclic) bond motifs is 3. The summed E-state index contributed by atoms with van der Waals surface area (Å²) in [7, 11) is 0. The number of aliphatic hydroxyl groups is 1. The lowest BCUT2D eigenvalue weighted by molar-refractivity contribution is -0.119. The van der Waals surface area contributed by atoms with Crippen LogP contribution in [0.5, 0.6) is 0 Å². The molecule has 2 bridgehead atoms. The molecule has 2 heterocycles. The van der Waals surface area contributed by atoms with Gasteiger partial charge in [-0.1, -0.05) is 10.7 Å². The zero-order valence-electron chi connectivity index (χ0n) is 16.6. The third kappa shape index (κ3) is 2.48. The zero-order valence-corrected chi connectivity index (χ0v) is 16.6. The molecule has 148 valence electrons. The van der Waals surface area contributed by atoms with E-state index in [1.807, 2.05) is 19.9 Å². The molecule has 1 aromatic carbocycles. The predicted octanol–water partition coefficient (Wildman–Crippen LogP) is 4.42. The van der Waals surface area contributed by atoms with Gasteiger partial charge in [-0.15, -0.1) is 0 Å². The molecule has 3 aliphatic rings. The molecule has 0 radical (unpaired) electrons. The van der Waals surface area contributed by atoms with E-state index in [1.165, 1.54) is 0 Å². The van der Waals surface area contributed by atoms with Crippen LogP contribution in [-0.2, 0) is 4.79 Å². The fourth-order valence-corrected chi connectivity index (χ4v) is 5.16. The van der Waals surface area contributed by atoms with Gasteiger partial charge in [-0.2, -0.15) is 0 Å². The Morgan fingerprint density at radius 3 is 2.69 bits per heavy atom. The number of aliphatic hydroxyl groups excluding tert-OH is 1. The molecule has 6 rings (SSSR count). The number of hydrogen-bond acceptors (Lipinski definition) is 5. The molecule has 1 unspecified atom stereocenters. The average molecular weight is 389 g/mol. The number of benzene rings is 1. The van der Waals surface area contributed by atoms with E-state index in [2.05, 4.69) is 16.2 Å². The van der Waals surface area contributed by atoms with Crippen molar-refractivity contribution in [3.05, 3.63) is 46.1 Å². The van der Waals surface area contributed by atoms with Crippen LogP contribution in [0.3, 0.4) is 0 Å². The van der Waals surface area contributed by atoms with Crippen LogP contribution >= 0.6 is 0 Å². The smallest absolute Gasteiger partial charge is 0.165 e. The molecular weight excluding hydrogens is 366 g/mol. The van der Waals surface area contributed by atoms with Crippen molar-refractivity contribution in [2.45, 2.75) is 58.0 Å². The maximum atomic E-state index is 12.8. The zero-order chi connectivity index (χ0) is 19.9. The number of carbonyl (C=O) groups is 1. The molecule has 2 saturated carbocycles. The fourth-order valence-electron chi connectivity index (χ4n) is 5.16. The van der Waals surface area contributed by atoms with Crippen molar-refractivity contribution in [1.29, 1.82) is 0 Å². The normalized spacial score (nSPS) is 22.3. The number of H-pyrrole nitrogens is 1. The highest BCUT2D eigenvalue weighted by Crippen LogP contribution is 2.47. The Hall–Kier alpha value is -2.73. The van der Waals surface area contributed by atoms with Gasteiger partial charge in [-0.3, -0.25) is 4.79 Å². The van der Waals surface area contributed by atoms with Gasteiger partial charge in [0.25, 0.3) is 0 Å². The van der Waals surface area contributed by atoms with E-state index in [9.17, 15) is 9.90 Å². The number of aromatic amines is 1. The topological polar surface area (TPSA) is 92.0 Å². The number of allylic oxidation sites excluding steroid dienone is 1. The summed E-state index contributed by atoms with van der Waals surface area (Å²) in [6, 6.07) is 4.02. The SMILES string of the molecule is Cc1noc(C)c1-c1cc(C(O)C2=C3CC[C@H](C3)C2=O)c2nc(C3CC3)[nH]c2c1. The van der Waals surface area contributed by atoms with Crippen molar-refractivity contribution in [1.82, 2.24) is 15.1 Å². The van der Waals surface area contributed by atoms with Crippen LogP contribution in [0.25, 0.3) is 22.2 Å². The van der Waals surface area contributed by atoms with Crippen molar-refractivity contribution in [2.24, 2.45) is 5.92 Å². The summed E-state index contributed by atoms with van der Waals surface area (Å²) in [6.45, 7) is 3.81. The monoisotopic (exact) mass is 389 g/mol. The van der Waals surface area contributed by atoms with Crippen LogP contribution in [0.15, 0.2) is 27.8 Å². The van der Waals surface area contributed by atoms with Crippen LogP contribution in [0.2, 0.25) is 0 Å². The molecule has 3 aliphatic carbocycles. The van der Waals surface area contributed by atoms with Gasteiger partial charge in [0.2, 0.25) is 0 Å². The summed E-state index contributed by atoms with van der Waals surface area (Å²) in [5.74, 6) is 2.37. The number of ketones is 1. The first-order valence-electron chi connectivity index (χ1n) is 10.4. The quantitative estimate of drug-likeness (QED) is 0.689. The molecule has 6 heteroatoms. The predicted molar refractivity (Wildman–Crippen MR) is 107 cm³/mol. The van der Waals surface area contributed by atoms with Crippen molar-refractivity contribution in [3.8, 4) is 11.1 Å². The Bertz CT molecular complexity index is 1190. The maximum absolute atomic E-state index is 12.8. The second kappa shape index (κ2) is 5.89. The molecular formula is C23H23N3O3. The Labute approximate surface area is 168 Å². The first-order chi connectivity index (χ1) is 14.0. The third-order valence-electron chi connectivity index (χ3n) is 6.79. The summed E-state index contributed by atoms with van der Waals surface area (Å²) in [5.41, 5.74) is 6.75. The first kappa shape index (κ1) is 17.2. The Morgan fingerprint density at radius 1 is 1.21 bits per heavy atom. The van der Waals surface area contributed by atoms with E-state index >= 15 is 0 Å². The van der Waals surface area contributed by atoms with Gasteiger partial charge >= 0.3 is 0 Å². The second-order valence-corrected chi connectivity index (χ2v) is 8.78. The number of carbonyl (C=O) groups excluding carboxylic acids is 1. The van der Waals surface area contributed by atoms with E-state index in [0.717, 1.165) is 77.1 Å². The standard InChI is InChI=1S/C23H23N3O3/c1-10-18(11(2)29-26-10)15-8-16(20-17(9-15)24-23(25-20)12-3-4-12)22(28)19-13-5-6-14(7-13)21(19)27/h8-9,12,14,22,28H,3-7H2,1-2H3,(H,24,25)/t14-,22?/m1/s1. The van der Waals surface area contributed by atoms with Gasteiger partial charge in [0.05, 0.1) is 16.7 Å². The van der Waals surface area contributed by atoms with Gasteiger partial charge in [-0.25, -0.2) is 4.98 Å². The molecule has 6 nitrogen and oxygen atoms in total. The largest absolute Gasteiger partial charge is 0.383 e. The lowest BCUT2D eigenvalue weighted by atomic mass is 9.88. The summed E-state index contributed by atoms with van der Waals surface area (Å²) >= 11 is 0. The average Bonchev–Trinajstić information content (AvgIpc) is 3.01. The summed E-state index contributed by atoms with van der Waals surface area (Å²) in [6.07, 6.45) is 4.00. The molecule has 2 atom stereocenters. The second-order valence-electron chi connectivity index (χ2n) is 8.78. The maximum Gasteiger partial charge on any atom is 0.165 e. The van der Waals surface area contributed by atoms with Crippen LogP contribution in [-0.4, -0.2) is 26.0 Å². The Balaban J connectivity index is 1.57. The lowest BCUT2D eigenvalue weighted by Crippen LogP contribution is -2.17. The van der Waals surface area contributed by atoms with Crippen molar-refractivity contribution >= 4 is 16.8 Å². The molecule has 0 spiro atoms. The number of aromatic nitrogens is 3. The minimum atomic E-state index is -0.943. The van der Waals surface area contributed by atoms with Gasteiger partial charge in [0.1, 0.15) is 17.7 Å². The van der Waals surface area contributed by atoms with Gasteiger partial charge in [0.15, 0.2) is 5.78 Å². The van der Waals surface area contributed by atoms with E-state index < -0.39 is 6.10 Å². The highest BCUT2D eigenvalue weighted by atomic mass is 16.5. The minimum Gasteiger partial charge on any atom is -0.383 e. The highest BCUT2D eigenvalue weighted by molar-refractivity contribution is 6.03. The van der Waals surface area contributed by atoms with Gasteiger partial charge < -0.3 is 14.6 Å². The fraction of sp³-hybridized carbons (Fsp3) is 0.435. The molecule has 0 amide bonds. The Kier molecular flexibility index (Phi) is 3.48. The molecule has 2 fully saturated rings. The number of aryl methyl sites for hydroxylation is 2. The molecule has 0 aliphatic heterocycles. The minimum absolute atomic E-state index is 0.0668. The van der Waals surface area contributed by atoms with Crippen molar-refractivity contribution in [3.63, 3.8) is 0 Å². The van der Waals surface area contributed by atoms with E-state index in [0.29, 0.717) is 17.1 Å². The molecule has 3 aromatic rings. The molecule has 2 aromatic heterocycles. The highest BCUT2D eigenvalue weighted by Gasteiger charge is 2.41. The summed E-state index contributed by atoms with van der Waals surface area (Å²) < 4.78 is 5.37. The number of Topliss-reactive ketones (excluding diaryl/α,β-unsaturated/α-hetero) is 1. The van der Waals surface area contributed by atoms with E-state index in [1.54, 1.807) is 0 Å². The van der Waals surface area contributed by atoms with Crippen LogP contribution in [0, 0.1) is 19.8 Å². The van der Waals surface area contributed by atoms with Crippen LogP contribution < -0.4 is 0 Å². The van der Waals surface area contributed by atoms with E-state index in [4.69, 9.17) is 9.51 Å². The van der Waals surface area contributed by atoms with Crippen LogP contribution in [0.4, 0.5) is 0 Å². The number of hydrogen-bond donors (Lipinski definition) is 2. The Morgan fingerprint density at radius 2 is 2.03 bits per heavy atom. The molecule has 0 saturated heterocycles. The van der Waals surface area contributed by atoms with Gasteiger partial charge in [-0.05, 0) is 63.6 Å².